The summed E-state index contributed by atoms with van der Waals surface area (Å²) in [6, 6.07) is 10.9. The van der Waals surface area contributed by atoms with E-state index in [1.165, 1.54) is 11.8 Å². The maximum Gasteiger partial charge on any atom is 0.234 e. The van der Waals surface area contributed by atoms with Gasteiger partial charge in [0.25, 0.3) is 0 Å². The Labute approximate surface area is 142 Å². The first-order chi connectivity index (χ1) is 11.1. The van der Waals surface area contributed by atoms with Gasteiger partial charge < -0.3 is 5.32 Å². The highest BCUT2D eigenvalue weighted by Crippen LogP contribution is 2.19. The molecule has 23 heavy (non-hydrogen) atoms. The van der Waals surface area contributed by atoms with Crippen LogP contribution in [0.2, 0.25) is 5.02 Å². The molecule has 0 saturated heterocycles. The molecule has 0 atom stereocenters. The van der Waals surface area contributed by atoms with Crippen molar-refractivity contribution >= 4 is 35.0 Å². The van der Waals surface area contributed by atoms with Gasteiger partial charge in [0.05, 0.1) is 5.75 Å². The Morgan fingerprint density at radius 1 is 1.26 bits per heavy atom. The van der Waals surface area contributed by atoms with Gasteiger partial charge in [-0.1, -0.05) is 29.4 Å². The van der Waals surface area contributed by atoms with Crippen molar-refractivity contribution < 1.29 is 4.79 Å². The first-order valence-electron chi connectivity index (χ1n) is 6.87. The van der Waals surface area contributed by atoms with Crippen molar-refractivity contribution in [2.45, 2.75) is 12.1 Å². The Hall–Kier alpha value is -2.25. The number of aromatic nitrogens is 4. The largest absolute Gasteiger partial charge is 0.325 e. The fraction of sp³-hybridized carbons (Fsp3) is 0.133. The second-order valence-corrected chi connectivity index (χ2v) is 6.13. The number of anilines is 1. The molecule has 1 aromatic carbocycles. The molecule has 3 rings (SSSR count). The van der Waals surface area contributed by atoms with Crippen LogP contribution in [0, 0.1) is 6.92 Å². The van der Waals surface area contributed by atoms with Crippen LogP contribution in [0.15, 0.2) is 53.9 Å². The molecule has 2 heterocycles. The number of amides is 1. The van der Waals surface area contributed by atoms with Crippen LogP contribution in [0.3, 0.4) is 0 Å². The molecule has 8 heteroatoms. The summed E-state index contributed by atoms with van der Waals surface area (Å²) in [5.41, 5.74) is 0.672. The quantitative estimate of drug-likeness (QED) is 0.720. The monoisotopic (exact) mass is 347 g/mol. The predicted octanol–water partition coefficient (Wildman–Crippen LogP) is 3.08. The van der Waals surface area contributed by atoms with E-state index in [9.17, 15) is 4.79 Å². The fourth-order valence-electron chi connectivity index (χ4n) is 2.05. The van der Waals surface area contributed by atoms with Gasteiger partial charge in [0.15, 0.2) is 5.82 Å². The number of aryl methyl sites for hydroxylation is 1. The average molecular weight is 348 g/mol. The second kappa shape index (κ2) is 6.89. The SMILES string of the molecule is Cc1nnc(SCC(=O)Nc2cccc(Cl)c2)n1-n1cccc1. The molecule has 0 unspecified atom stereocenters. The molecular formula is C15H14ClN5OS. The molecule has 1 amide bonds. The summed E-state index contributed by atoms with van der Waals surface area (Å²) in [6.07, 6.45) is 3.79. The number of carbonyl (C=O) groups is 1. The molecule has 118 valence electrons. The third kappa shape index (κ3) is 3.75. The zero-order valence-corrected chi connectivity index (χ0v) is 13.9. The van der Waals surface area contributed by atoms with Crippen LogP contribution in [0.1, 0.15) is 5.82 Å². The van der Waals surface area contributed by atoms with Crippen molar-refractivity contribution in [3.8, 4) is 0 Å². The normalized spacial score (nSPS) is 10.7. The number of nitrogens with zero attached hydrogens (tertiary/aromatic N) is 4. The maximum atomic E-state index is 12.1. The predicted molar refractivity (Wildman–Crippen MR) is 90.8 cm³/mol. The van der Waals surface area contributed by atoms with E-state index in [2.05, 4.69) is 15.5 Å². The lowest BCUT2D eigenvalue weighted by molar-refractivity contribution is -0.113. The highest BCUT2D eigenvalue weighted by molar-refractivity contribution is 7.99. The van der Waals surface area contributed by atoms with E-state index >= 15 is 0 Å². The summed E-state index contributed by atoms with van der Waals surface area (Å²) in [7, 11) is 0. The summed E-state index contributed by atoms with van der Waals surface area (Å²) < 4.78 is 3.71. The Balaban J connectivity index is 1.66. The van der Waals surface area contributed by atoms with E-state index in [-0.39, 0.29) is 11.7 Å². The van der Waals surface area contributed by atoms with Crippen LogP contribution in [0.5, 0.6) is 0 Å². The lowest BCUT2D eigenvalue weighted by Gasteiger charge is -2.09. The summed E-state index contributed by atoms with van der Waals surface area (Å²) >= 11 is 7.22. The average Bonchev–Trinajstić information content (AvgIpc) is 3.14. The van der Waals surface area contributed by atoms with Gasteiger partial charge in [-0.15, -0.1) is 10.2 Å². The van der Waals surface area contributed by atoms with Gasteiger partial charge in [-0.05, 0) is 37.3 Å². The molecule has 0 radical (unpaired) electrons. The molecule has 0 spiro atoms. The summed E-state index contributed by atoms with van der Waals surface area (Å²) in [6.45, 7) is 1.86. The topological polar surface area (TPSA) is 64.7 Å². The molecule has 0 aliphatic rings. The van der Waals surface area contributed by atoms with Gasteiger partial charge in [-0.2, -0.15) is 0 Å². The minimum Gasteiger partial charge on any atom is -0.325 e. The third-order valence-corrected chi connectivity index (χ3v) is 4.18. The number of rotatable bonds is 5. The zero-order chi connectivity index (χ0) is 16.2. The van der Waals surface area contributed by atoms with E-state index in [1.807, 2.05) is 40.8 Å². The van der Waals surface area contributed by atoms with Gasteiger partial charge in [0.1, 0.15) is 0 Å². The number of nitrogens with one attached hydrogen (secondary N) is 1. The van der Waals surface area contributed by atoms with Gasteiger partial charge in [0, 0.05) is 23.1 Å². The molecule has 0 bridgehead atoms. The first kappa shape index (κ1) is 15.6. The Bertz CT molecular complexity index is 815. The molecule has 0 aliphatic carbocycles. The first-order valence-corrected chi connectivity index (χ1v) is 8.24. The fourth-order valence-corrected chi connectivity index (χ4v) is 3.02. The summed E-state index contributed by atoms with van der Waals surface area (Å²) in [5.74, 6) is 0.849. The van der Waals surface area contributed by atoms with E-state index in [1.54, 1.807) is 24.3 Å². The molecule has 0 aliphatic heterocycles. The number of carbonyl (C=O) groups excluding carboxylic acids is 1. The van der Waals surface area contributed by atoms with Crippen LogP contribution < -0.4 is 5.32 Å². The van der Waals surface area contributed by atoms with Crippen molar-refractivity contribution in [2.24, 2.45) is 0 Å². The van der Waals surface area contributed by atoms with Gasteiger partial charge in [-0.25, -0.2) is 4.68 Å². The van der Waals surface area contributed by atoms with Crippen LogP contribution >= 0.6 is 23.4 Å². The smallest absolute Gasteiger partial charge is 0.234 e. The van der Waals surface area contributed by atoms with Crippen molar-refractivity contribution in [3.05, 3.63) is 59.6 Å². The molecule has 1 N–H and O–H groups in total. The molecular weight excluding hydrogens is 334 g/mol. The summed E-state index contributed by atoms with van der Waals surface area (Å²) in [4.78, 5) is 12.1. The minimum absolute atomic E-state index is 0.128. The van der Waals surface area contributed by atoms with Crippen LogP contribution in [0.25, 0.3) is 0 Å². The standard InChI is InChI=1S/C15H14ClN5OS/c1-11-18-19-15(21(11)20-7-2-3-8-20)23-10-14(22)17-13-6-4-5-12(16)9-13/h2-9H,10H2,1H3,(H,17,22). The van der Waals surface area contributed by atoms with E-state index in [0.717, 1.165) is 5.82 Å². The van der Waals surface area contributed by atoms with Crippen LogP contribution in [0.4, 0.5) is 5.69 Å². The minimum atomic E-state index is -0.128. The highest BCUT2D eigenvalue weighted by Gasteiger charge is 2.13. The number of hydrogen-bond donors (Lipinski definition) is 1. The third-order valence-electron chi connectivity index (χ3n) is 3.03. The maximum absolute atomic E-state index is 12.1. The van der Waals surface area contributed by atoms with E-state index in [4.69, 9.17) is 11.6 Å². The van der Waals surface area contributed by atoms with Crippen LogP contribution in [-0.2, 0) is 4.79 Å². The highest BCUT2D eigenvalue weighted by atomic mass is 35.5. The van der Waals surface area contributed by atoms with Gasteiger partial charge >= 0.3 is 0 Å². The van der Waals surface area contributed by atoms with Crippen molar-refractivity contribution in [1.29, 1.82) is 0 Å². The van der Waals surface area contributed by atoms with Crippen molar-refractivity contribution in [3.63, 3.8) is 0 Å². The Morgan fingerprint density at radius 2 is 2.04 bits per heavy atom. The van der Waals surface area contributed by atoms with E-state index in [0.29, 0.717) is 15.9 Å². The Kier molecular flexibility index (Phi) is 4.68. The molecule has 0 saturated carbocycles. The number of benzene rings is 1. The number of halogens is 1. The van der Waals surface area contributed by atoms with Crippen molar-refractivity contribution in [1.82, 2.24) is 19.5 Å². The molecule has 0 fully saturated rings. The van der Waals surface area contributed by atoms with E-state index < -0.39 is 0 Å². The van der Waals surface area contributed by atoms with Gasteiger partial charge in [0.2, 0.25) is 11.1 Å². The van der Waals surface area contributed by atoms with Crippen molar-refractivity contribution in [2.75, 3.05) is 11.1 Å². The molecule has 6 nitrogen and oxygen atoms in total. The van der Waals surface area contributed by atoms with Crippen LogP contribution in [-0.4, -0.2) is 31.2 Å². The number of thioether (sulfide) groups is 1. The Morgan fingerprint density at radius 3 is 2.78 bits per heavy atom. The molecule has 3 aromatic rings. The van der Waals surface area contributed by atoms with Gasteiger partial charge in [-0.3, -0.25) is 9.47 Å². The zero-order valence-electron chi connectivity index (χ0n) is 12.3. The molecule has 2 aromatic heterocycles. The lowest BCUT2D eigenvalue weighted by Crippen LogP contribution is -2.15. The summed E-state index contributed by atoms with van der Waals surface area (Å²) in [5, 5.41) is 12.2. The lowest BCUT2D eigenvalue weighted by atomic mass is 10.3. The second-order valence-electron chi connectivity index (χ2n) is 4.75. The number of hydrogen-bond acceptors (Lipinski definition) is 4.